The van der Waals surface area contributed by atoms with Crippen molar-refractivity contribution < 1.29 is 13.2 Å². The van der Waals surface area contributed by atoms with Crippen molar-refractivity contribution in [1.29, 1.82) is 0 Å². The number of nitrogens with zero attached hydrogens (tertiary/aromatic N) is 3. The molecule has 28 heavy (non-hydrogen) atoms. The first-order chi connectivity index (χ1) is 13.5. The first-order valence-electron chi connectivity index (χ1n) is 9.65. The predicted molar refractivity (Wildman–Crippen MR) is 112 cm³/mol. The second kappa shape index (κ2) is 7.85. The summed E-state index contributed by atoms with van der Waals surface area (Å²) in [5.74, 6) is -0.170. The van der Waals surface area contributed by atoms with Gasteiger partial charge in [0.05, 0.1) is 0 Å². The van der Waals surface area contributed by atoms with Crippen LogP contribution in [0.3, 0.4) is 0 Å². The lowest BCUT2D eigenvalue weighted by Crippen LogP contribution is -2.49. The van der Waals surface area contributed by atoms with Gasteiger partial charge in [0.1, 0.15) is 9.77 Å². The lowest BCUT2D eigenvalue weighted by atomic mass is 10.2. The topological polar surface area (TPSA) is 60.9 Å². The van der Waals surface area contributed by atoms with Gasteiger partial charge in [-0.25, -0.2) is 8.42 Å². The zero-order valence-corrected chi connectivity index (χ0v) is 17.6. The number of rotatable bonds is 4. The normalized spacial score (nSPS) is 18.6. The van der Waals surface area contributed by atoms with Gasteiger partial charge in [0.2, 0.25) is 10.0 Å². The van der Waals surface area contributed by atoms with Crippen LogP contribution in [0.25, 0.3) is 0 Å². The van der Waals surface area contributed by atoms with Crippen LogP contribution in [-0.2, 0) is 10.0 Å². The van der Waals surface area contributed by atoms with Crippen LogP contribution >= 0.6 is 11.3 Å². The lowest BCUT2D eigenvalue weighted by Gasteiger charge is -2.36. The molecule has 0 radical (unpaired) electrons. The molecule has 0 atom stereocenters. The van der Waals surface area contributed by atoms with E-state index in [4.69, 9.17) is 0 Å². The molecular formula is C20H25N3O3S2. The Labute approximate surface area is 170 Å². The summed E-state index contributed by atoms with van der Waals surface area (Å²) in [5, 5.41) is 1.71. The fraction of sp³-hybridized carbons (Fsp3) is 0.450. The van der Waals surface area contributed by atoms with E-state index in [0.29, 0.717) is 31.1 Å². The Kier molecular flexibility index (Phi) is 5.44. The smallest absolute Gasteiger partial charge is 0.265 e. The molecule has 150 valence electrons. The monoisotopic (exact) mass is 419 g/mol. The van der Waals surface area contributed by atoms with E-state index in [9.17, 15) is 13.2 Å². The van der Waals surface area contributed by atoms with E-state index in [1.807, 2.05) is 6.07 Å². The number of piperazine rings is 1. The Hall–Kier alpha value is -1.90. The zero-order chi connectivity index (χ0) is 19.7. The van der Waals surface area contributed by atoms with E-state index in [0.717, 1.165) is 25.9 Å². The molecule has 0 unspecified atom stereocenters. The van der Waals surface area contributed by atoms with E-state index < -0.39 is 10.0 Å². The Morgan fingerprint density at radius 1 is 1.00 bits per heavy atom. The molecule has 1 aromatic heterocycles. The van der Waals surface area contributed by atoms with Crippen LogP contribution < -0.4 is 4.90 Å². The molecule has 2 aromatic rings. The van der Waals surface area contributed by atoms with E-state index in [2.05, 4.69) is 30.0 Å². The summed E-state index contributed by atoms with van der Waals surface area (Å²) in [7, 11) is -3.58. The van der Waals surface area contributed by atoms with Gasteiger partial charge in [-0.2, -0.15) is 4.31 Å². The molecule has 2 fully saturated rings. The molecule has 0 bridgehead atoms. The second-order valence-electron chi connectivity index (χ2n) is 7.34. The molecule has 1 amide bonds. The van der Waals surface area contributed by atoms with Crippen molar-refractivity contribution in [2.75, 3.05) is 44.2 Å². The largest absolute Gasteiger partial charge is 0.368 e. The summed E-state index contributed by atoms with van der Waals surface area (Å²) in [5.41, 5.74) is 2.38. The van der Waals surface area contributed by atoms with E-state index in [1.165, 1.54) is 26.9 Å². The molecule has 3 heterocycles. The van der Waals surface area contributed by atoms with Gasteiger partial charge in [0, 0.05) is 45.0 Å². The van der Waals surface area contributed by atoms with Crippen LogP contribution in [0.4, 0.5) is 5.69 Å². The maximum atomic E-state index is 13.1. The number of aryl methyl sites for hydroxylation is 1. The van der Waals surface area contributed by atoms with Crippen molar-refractivity contribution >= 4 is 33.0 Å². The highest BCUT2D eigenvalue weighted by molar-refractivity contribution is 7.89. The summed E-state index contributed by atoms with van der Waals surface area (Å²) in [4.78, 5) is 17.6. The van der Waals surface area contributed by atoms with E-state index in [1.54, 1.807) is 16.3 Å². The van der Waals surface area contributed by atoms with Crippen molar-refractivity contribution in [3.63, 3.8) is 0 Å². The molecule has 8 heteroatoms. The van der Waals surface area contributed by atoms with Crippen molar-refractivity contribution in [2.45, 2.75) is 24.7 Å². The van der Waals surface area contributed by atoms with Crippen LogP contribution in [0.2, 0.25) is 0 Å². The number of hydrogen-bond acceptors (Lipinski definition) is 5. The summed E-state index contributed by atoms with van der Waals surface area (Å²) in [6.45, 7) is 5.83. The lowest BCUT2D eigenvalue weighted by molar-refractivity contribution is 0.0748. The minimum atomic E-state index is -3.58. The number of carbonyl (C=O) groups excluding carboxylic acids is 1. The molecule has 0 saturated carbocycles. The van der Waals surface area contributed by atoms with Gasteiger partial charge < -0.3 is 9.80 Å². The molecule has 4 rings (SSSR count). The van der Waals surface area contributed by atoms with Crippen LogP contribution in [-0.4, -0.2) is 62.8 Å². The zero-order valence-electron chi connectivity index (χ0n) is 16.0. The number of amides is 1. The Morgan fingerprint density at radius 2 is 1.71 bits per heavy atom. The fourth-order valence-electron chi connectivity index (χ4n) is 3.86. The van der Waals surface area contributed by atoms with Crippen LogP contribution in [0, 0.1) is 6.92 Å². The molecule has 2 aliphatic rings. The van der Waals surface area contributed by atoms with Gasteiger partial charge in [-0.05, 0) is 48.9 Å². The third kappa shape index (κ3) is 3.68. The molecule has 1 aromatic carbocycles. The number of sulfonamides is 1. The maximum Gasteiger partial charge on any atom is 0.265 e. The fourth-order valence-corrected chi connectivity index (χ4v) is 6.74. The average molecular weight is 420 g/mol. The quantitative estimate of drug-likeness (QED) is 0.765. The number of benzene rings is 1. The predicted octanol–water partition coefficient (Wildman–Crippen LogP) is 2.80. The van der Waals surface area contributed by atoms with Crippen LogP contribution in [0.1, 0.15) is 28.1 Å². The molecular weight excluding hydrogens is 394 g/mol. The maximum absolute atomic E-state index is 13.1. The first kappa shape index (κ1) is 19.4. The molecule has 0 N–H and O–H groups in total. The third-order valence-corrected chi connectivity index (χ3v) is 8.41. The Morgan fingerprint density at radius 3 is 2.39 bits per heavy atom. The molecule has 0 spiro atoms. The van der Waals surface area contributed by atoms with Crippen molar-refractivity contribution in [1.82, 2.24) is 9.21 Å². The minimum absolute atomic E-state index is 0.170. The summed E-state index contributed by atoms with van der Waals surface area (Å²) in [6, 6.07) is 9.93. The van der Waals surface area contributed by atoms with Gasteiger partial charge in [-0.3, -0.25) is 4.79 Å². The van der Waals surface area contributed by atoms with Gasteiger partial charge in [0.15, 0.2) is 0 Å². The number of anilines is 1. The molecule has 0 aliphatic carbocycles. The van der Waals surface area contributed by atoms with Crippen molar-refractivity contribution in [3.8, 4) is 0 Å². The third-order valence-electron chi connectivity index (χ3n) is 5.44. The number of carbonyl (C=O) groups is 1. The van der Waals surface area contributed by atoms with E-state index >= 15 is 0 Å². The van der Waals surface area contributed by atoms with Gasteiger partial charge >= 0.3 is 0 Å². The summed E-state index contributed by atoms with van der Waals surface area (Å²) in [6.07, 6.45) is 1.77. The number of thiophene rings is 1. The highest BCUT2D eigenvalue weighted by Gasteiger charge is 2.33. The van der Waals surface area contributed by atoms with Crippen LogP contribution in [0.15, 0.2) is 40.6 Å². The molecule has 6 nitrogen and oxygen atoms in total. The second-order valence-corrected chi connectivity index (χ2v) is 10.2. The SMILES string of the molecule is Cc1cccc(N2CCN(C(=O)c3sccc3S(=O)(=O)N3CCCC3)CC2)c1. The van der Waals surface area contributed by atoms with E-state index in [-0.39, 0.29) is 10.8 Å². The van der Waals surface area contributed by atoms with Crippen molar-refractivity contribution in [3.05, 3.63) is 46.2 Å². The number of hydrogen-bond donors (Lipinski definition) is 0. The summed E-state index contributed by atoms with van der Waals surface area (Å²) < 4.78 is 27.4. The summed E-state index contributed by atoms with van der Waals surface area (Å²) >= 11 is 1.23. The minimum Gasteiger partial charge on any atom is -0.368 e. The average Bonchev–Trinajstić information content (AvgIpc) is 3.40. The van der Waals surface area contributed by atoms with Gasteiger partial charge in [0.25, 0.3) is 5.91 Å². The first-order valence-corrected chi connectivity index (χ1v) is 12.0. The molecule has 2 saturated heterocycles. The standard InChI is InChI=1S/C20H25N3O3S2/c1-16-5-4-6-17(15-16)21-10-12-22(13-11-21)20(24)19-18(7-14-27-19)28(25,26)23-8-2-3-9-23/h4-7,14-15H,2-3,8-13H2,1H3. The van der Waals surface area contributed by atoms with Crippen LogP contribution in [0.5, 0.6) is 0 Å². The van der Waals surface area contributed by atoms with Gasteiger partial charge in [-0.1, -0.05) is 12.1 Å². The highest BCUT2D eigenvalue weighted by atomic mass is 32.2. The Bertz CT molecular complexity index is 957. The highest BCUT2D eigenvalue weighted by Crippen LogP contribution is 2.29. The van der Waals surface area contributed by atoms with Crippen molar-refractivity contribution in [2.24, 2.45) is 0 Å². The van der Waals surface area contributed by atoms with Gasteiger partial charge in [-0.15, -0.1) is 11.3 Å². The Balaban J connectivity index is 1.47. The molecule has 2 aliphatic heterocycles.